The molecule has 122 valence electrons. The van der Waals surface area contributed by atoms with E-state index < -0.39 is 0 Å². The van der Waals surface area contributed by atoms with Gasteiger partial charge >= 0.3 is 0 Å². The van der Waals surface area contributed by atoms with Crippen molar-refractivity contribution in [1.29, 1.82) is 0 Å². The molecule has 1 aliphatic heterocycles. The lowest BCUT2D eigenvalue weighted by atomic mass is 10.2. The maximum Gasteiger partial charge on any atom is 0.240 e. The molecule has 1 fully saturated rings. The minimum absolute atomic E-state index is 0.0758. The van der Waals surface area contributed by atoms with Gasteiger partial charge < -0.3 is 10.4 Å². The van der Waals surface area contributed by atoms with Crippen molar-refractivity contribution in [2.75, 3.05) is 25.0 Å². The van der Waals surface area contributed by atoms with Gasteiger partial charge in [-0.05, 0) is 43.7 Å². The van der Waals surface area contributed by atoms with Gasteiger partial charge in [0.1, 0.15) is 5.82 Å². The predicted octanol–water partition coefficient (Wildman–Crippen LogP) is 2.34. The van der Waals surface area contributed by atoms with Crippen LogP contribution < -0.4 is 5.32 Å². The maximum atomic E-state index is 12.9. The SMILES string of the molecule is O=C(CN1CCC[C@H]1CO)Nc1nc(-c2ccc(F)cc2)cs1. The smallest absolute Gasteiger partial charge is 0.240 e. The number of aromatic nitrogens is 1. The van der Waals surface area contributed by atoms with Gasteiger partial charge in [-0.2, -0.15) is 0 Å². The van der Waals surface area contributed by atoms with E-state index in [0.29, 0.717) is 10.8 Å². The molecule has 1 saturated heterocycles. The molecule has 1 amide bonds. The largest absolute Gasteiger partial charge is 0.395 e. The quantitative estimate of drug-likeness (QED) is 0.880. The summed E-state index contributed by atoms with van der Waals surface area (Å²) in [5, 5.41) is 14.4. The molecule has 3 rings (SSSR count). The molecule has 1 atom stereocenters. The average molecular weight is 335 g/mol. The van der Waals surface area contributed by atoms with E-state index in [2.05, 4.69) is 10.3 Å². The summed E-state index contributed by atoms with van der Waals surface area (Å²) in [6, 6.07) is 6.16. The zero-order valence-corrected chi connectivity index (χ0v) is 13.4. The average Bonchev–Trinajstić information content (AvgIpc) is 3.17. The van der Waals surface area contributed by atoms with Crippen LogP contribution in [0.2, 0.25) is 0 Å². The standard InChI is InChI=1S/C16H18FN3O2S/c17-12-5-3-11(4-6-12)14-10-23-16(18-14)19-15(22)8-20-7-1-2-13(20)9-21/h3-6,10,13,21H,1-2,7-9H2,(H,18,19,22)/t13-/m0/s1. The zero-order valence-electron chi connectivity index (χ0n) is 12.5. The van der Waals surface area contributed by atoms with E-state index in [1.165, 1.54) is 23.5 Å². The van der Waals surface area contributed by atoms with Crippen LogP contribution >= 0.6 is 11.3 Å². The van der Waals surface area contributed by atoms with E-state index in [4.69, 9.17) is 0 Å². The number of hydrogen-bond acceptors (Lipinski definition) is 5. The highest BCUT2D eigenvalue weighted by atomic mass is 32.1. The number of anilines is 1. The van der Waals surface area contributed by atoms with Crippen LogP contribution in [0.15, 0.2) is 29.6 Å². The summed E-state index contributed by atoms with van der Waals surface area (Å²) in [4.78, 5) is 18.5. The van der Waals surface area contributed by atoms with Crippen molar-refractivity contribution in [3.63, 3.8) is 0 Å². The molecule has 0 radical (unpaired) electrons. The number of carbonyl (C=O) groups excluding carboxylic acids is 1. The first-order chi connectivity index (χ1) is 11.2. The van der Waals surface area contributed by atoms with Crippen LogP contribution in [0.5, 0.6) is 0 Å². The molecule has 0 spiro atoms. The van der Waals surface area contributed by atoms with E-state index in [9.17, 15) is 14.3 Å². The number of benzene rings is 1. The molecule has 23 heavy (non-hydrogen) atoms. The van der Waals surface area contributed by atoms with E-state index in [-0.39, 0.29) is 30.9 Å². The van der Waals surface area contributed by atoms with Crippen molar-refractivity contribution >= 4 is 22.4 Å². The second-order valence-corrected chi connectivity index (χ2v) is 6.40. The number of nitrogens with one attached hydrogen (secondary N) is 1. The highest BCUT2D eigenvalue weighted by Gasteiger charge is 2.25. The van der Waals surface area contributed by atoms with Crippen molar-refractivity contribution in [2.24, 2.45) is 0 Å². The van der Waals surface area contributed by atoms with Crippen LogP contribution in [0.4, 0.5) is 9.52 Å². The Hall–Kier alpha value is -1.83. The van der Waals surface area contributed by atoms with Crippen LogP contribution in [0.3, 0.4) is 0 Å². The molecule has 0 saturated carbocycles. The highest BCUT2D eigenvalue weighted by molar-refractivity contribution is 7.14. The Kier molecular flexibility index (Phi) is 5.00. The molecule has 2 aromatic rings. The second kappa shape index (κ2) is 7.16. The van der Waals surface area contributed by atoms with E-state index in [0.717, 1.165) is 24.9 Å². The van der Waals surface area contributed by atoms with Gasteiger partial charge in [0.05, 0.1) is 18.8 Å². The molecule has 7 heteroatoms. The van der Waals surface area contributed by atoms with Crippen molar-refractivity contribution < 1.29 is 14.3 Å². The van der Waals surface area contributed by atoms with E-state index >= 15 is 0 Å². The minimum atomic E-state index is -0.290. The number of thiazole rings is 1. The van der Waals surface area contributed by atoms with Gasteiger partial charge in [-0.15, -0.1) is 11.3 Å². The van der Waals surface area contributed by atoms with Crippen molar-refractivity contribution in [3.8, 4) is 11.3 Å². The lowest BCUT2D eigenvalue weighted by Crippen LogP contribution is -2.38. The number of hydrogen-bond donors (Lipinski definition) is 2. The third kappa shape index (κ3) is 3.93. The Morgan fingerprint density at radius 2 is 2.22 bits per heavy atom. The number of amides is 1. The van der Waals surface area contributed by atoms with Gasteiger partial charge in [0.15, 0.2) is 5.13 Å². The first-order valence-corrected chi connectivity index (χ1v) is 8.40. The number of aliphatic hydroxyl groups is 1. The van der Waals surface area contributed by atoms with Gasteiger partial charge in [-0.25, -0.2) is 9.37 Å². The summed E-state index contributed by atoms with van der Waals surface area (Å²) in [6.07, 6.45) is 1.93. The molecule has 0 aliphatic carbocycles. The van der Waals surface area contributed by atoms with Gasteiger partial charge in [-0.3, -0.25) is 9.69 Å². The summed E-state index contributed by atoms with van der Waals surface area (Å²) in [7, 11) is 0. The lowest BCUT2D eigenvalue weighted by molar-refractivity contribution is -0.117. The van der Waals surface area contributed by atoms with Gasteiger partial charge in [0, 0.05) is 17.0 Å². The van der Waals surface area contributed by atoms with Crippen LogP contribution in [-0.2, 0) is 4.79 Å². The molecule has 2 N–H and O–H groups in total. The number of carbonyl (C=O) groups is 1. The number of likely N-dealkylation sites (tertiary alicyclic amines) is 1. The molecule has 0 bridgehead atoms. The van der Waals surface area contributed by atoms with E-state index in [1.54, 1.807) is 12.1 Å². The fourth-order valence-electron chi connectivity index (χ4n) is 2.74. The Balaban J connectivity index is 1.60. The number of nitrogens with zero attached hydrogens (tertiary/aromatic N) is 2. The van der Waals surface area contributed by atoms with Gasteiger partial charge in [0.2, 0.25) is 5.91 Å². The molecule has 1 aromatic carbocycles. The molecule has 2 heterocycles. The topological polar surface area (TPSA) is 65.5 Å². The fraction of sp³-hybridized carbons (Fsp3) is 0.375. The van der Waals surface area contributed by atoms with Crippen LogP contribution in [0, 0.1) is 5.82 Å². The summed E-state index contributed by atoms with van der Waals surface area (Å²) in [5.74, 6) is -0.424. The Morgan fingerprint density at radius 3 is 2.96 bits per heavy atom. The fourth-order valence-corrected chi connectivity index (χ4v) is 3.47. The lowest BCUT2D eigenvalue weighted by Gasteiger charge is -2.21. The summed E-state index contributed by atoms with van der Waals surface area (Å²) >= 11 is 1.34. The number of aliphatic hydroxyl groups excluding tert-OH is 1. The Bertz CT molecular complexity index is 674. The minimum Gasteiger partial charge on any atom is -0.395 e. The molecule has 1 aliphatic rings. The molecule has 1 aromatic heterocycles. The Labute approximate surface area is 137 Å². The number of rotatable bonds is 5. The monoisotopic (exact) mass is 335 g/mol. The summed E-state index contributed by atoms with van der Waals surface area (Å²) < 4.78 is 12.9. The second-order valence-electron chi connectivity index (χ2n) is 5.54. The van der Waals surface area contributed by atoms with Crippen LogP contribution in [0.25, 0.3) is 11.3 Å². The van der Waals surface area contributed by atoms with E-state index in [1.807, 2.05) is 10.3 Å². The number of halogens is 1. The third-order valence-electron chi connectivity index (χ3n) is 3.95. The summed E-state index contributed by atoms with van der Waals surface area (Å²) in [5.41, 5.74) is 1.52. The zero-order chi connectivity index (χ0) is 16.2. The first-order valence-electron chi connectivity index (χ1n) is 7.52. The Morgan fingerprint density at radius 1 is 1.43 bits per heavy atom. The van der Waals surface area contributed by atoms with Crippen LogP contribution in [-0.4, -0.2) is 46.6 Å². The molecule has 0 unspecified atom stereocenters. The third-order valence-corrected chi connectivity index (χ3v) is 4.70. The maximum absolute atomic E-state index is 12.9. The molecule has 5 nitrogen and oxygen atoms in total. The van der Waals surface area contributed by atoms with Gasteiger partial charge in [-0.1, -0.05) is 0 Å². The predicted molar refractivity (Wildman–Crippen MR) is 87.8 cm³/mol. The normalized spacial score (nSPS) is 18.3. The van der Waals surface area contributed by atoms with Crippen molar-refractivity contribution in [1.82, 2.24) is 9.88 Å². The molecular weight excluding hydrogens is 317 g/mol. The van der Waals surface area contributed by atoms with Crippen LogP contribution in [0.1, 0.15) is 12.8 Å². The first kappa shape index (κ1) is 16.0. The molecular formula is C16H18FN3O2S. The van der Waals surface area contributed by atoms with Crippen molar-refractivity contribution in [2.45, 2.75) is 18.9 Å². The summed E-state index contributed by atoms with van der Waals surface area (Å²) in [6.45, 7) is 1.17. The highest BCUT2D eigenvalue weighted by Crippen LogP contribution is 2.25. The van der Waals surface area contributed by atoms with Crippen molar-refractivity contribution in [3.05, 3.63) is 35.5 Å². The van der Waals surface area contributed by atoms with Gasteiger partial charge in [0.25, 0.3) is 0 Å².